The molecule has 2 heteroatoms. The van der Waals surface area contributed by atoms with E-state index in [1.807, 2.05) is 0 Å². The Morgan fingerprint density at radius 3 is 1.94 bits per heavy atom. The van der Waals surface area contributed by atoms with Crippen LogP contribution in [0.3, 0.4) is 0 Å². The molecule has 0 unspecified atom stereocenters. The normalized spacial score (nSPS) is 20.8. The molecule has 2 rings (SSSR count). The Hall–Kier alpha value is -0.790. The molecule has 2 nitrogen and oxygen atoms in total. The molecule has 0 amide bonds. The zero-order valence-corrected chi connectivity index (χ0v) is 10.4. The van der Waals surface area contributed by atoms with Gasteiger partial charge in [0, 0.05) is 6.92 Å². The molecule has 0 aliphatic heterocycles. The van der Waals surface area contributed by atoms with E-state index in [1.165, 1.54) is 51.9 Å². The van der Waals surface area contributed by atoms with Gasteiger partial charge in [-0.3, -0.25) is 4.79 Å². The first kappa shape index (κ1) is 13.3. The molecule has 0 spiro atoms. The van der Waals surface area contributed by atoms with E-state index in [0.29, 0.717) is 0 Å². The maximum absolute atomic E-state index is 10.5. The molecule has 0 aromatic carbocycles. The van der Waals surface area contributed by atoms with Crippen molar-refractivity contribution in [2.24, 2.45) is 0 Å². The van der Waals surface area contributed by atoms with Crippen LogP contribution in [-0.4, -0.2) is 12.1 Å². The van der Waals surface area contributed by atoms with E-state index in [0.717, 1.165) is 12.8 Å². The van der Waals surface area contributed by atoms with Crippen LogP contribution in [0.1, 0.15) is 64.7 Å². The summed E-state index contributed by atoms with van der Waals surface area (Å²) in [6.07, 6.45) is 16.1. The summed E-state index contributed by atoms with van der Waals surface area (Å²) in [5, 5.41) is 0. The van der Waals surface area contributed by atoms with Gasteiger partial charge in [-0.1, -0.05) is 18.6 Å². The smallest absolute Gasteiger partial charge is 0.302 e. The molecule has 16 heavy (non-hydrogen) atoms. The molecule has 2 aliphatic carbocycles. The van der Waals surface area contributed by atoms with E-state index in [9.17, 15) is 4.79 Å². The van der Waals surface area contributed by atoms with Crippen LogP contribution in [0.4, 0.5) is 0 Å². The molecule has 0 saturated heterocycles. The monoisotopic (exact) mass is 224 g/mol. The number of hydrogen-bond donors (Lipinski definition) is 0. The SMILES string of the molecule is C1=CCCCC1.CC(=O)OC1CCCCC1. The number of esters is 1. The molecule has 0 radical (unpaired) electrons. The Kier molecular flexibility index (Phi) is 6.95. The maximum Gasteiger partial charge on any atom is 0.302 e. The summed E-state index contributed by atoms with van der Waals surface area (Å²) in [6.45, 7) is 1.48. The standard InChI is InChI=1S/C8H14O2.C6H10/c1-7(9)10-8-5-3-2-4-6-8;1-2-4-6-5-3-1/h8H,2-6H2,1H3;1-2H,3-6H2. The molecule has 1 fully saturated rings. The highest BCUT2D eigenvalue weighted by atomic mass is 16.5. The fraction of sp³-hybridized carbons (Fsp3) is 0.786. The van der Waals surface area contributed by atoms with Crippen LogP contribution in [-0.2, 0) is 9.53 Å². The first-order valence-corrected chi connectivity index (χ1v) is 6.61. The molecule has 0 bridgehead atoms. The third-order valence-electron chi connectivity index (χ3n) is 3.04. The number of hydrogen-bond acceptors (Lipinski definition) is 2. The van der Waals surface area contributed by atoms with Crippen molar-refractivity contribution in [3.63, 3.8) is 0 Å². The van der Waals surface area contributed by atoms with Crippen LogP contribution < -0.4 is 0 Å². The summed E-state index contributed by atoms with van der Waals surface area (Å²) in [5.74, 6) is -0.132. The van der Waals surface area contributed by atoms with Crippen LogP contribution in [0.5, 0.6) is 0 Å². The van der Waals surface area contributed by atoms with Crippen molar-refractivity contribution < 1.29 is 9.53 Å². The molecule has 0 atom stereocenters. The van der Waals surface area contributed by atoms with Gasteiger partial charge in [-0.05, 0) is 51.4 Å². The zero-order chi connectivity index (χ0) is 11.6. The average Bonchev–Trinajstić information content (AvgIpc) is 2.32. The van der Waals surface area contributed by atoms with Crippen molar-refractivity contribution in [3.8, 4) is 0 Å². The Morgan fingerprint density at radius 2 is 1.56 bits per heavy atom. The van der Waals surface area contributed by atoms with Crippen molar-refractivity contribution >= 4 is 5.97 Å². The largest absolute Gasteiger partial charge is 0.463 e. The average molecular weight is 224 g/mol. The fourth-order valence-electron chi connectivity index (χ4n) is 2.18. The summed E-state index contributed by atoms with van der Waals surface area (Å²) in [7, 11) is 0. The highest BCUT2D eigenvalue weighted by Crippen LogP contribution is 2.19. The van der Waals surface area contributed by atoms with Gasteiger partial charge in [0.05, 0.1) is 0 Å². The lowest BCUT2D eigenvalue weighted by molar-refractivity contribution is -0.147. The molecular formula is C14H24O2. The maximum atomic E-state index is 10.5. The van der Waals surface area contributed by atoms with E-state index in [1.54, 1.807) is 0 Å². The van der Waals surface area contributed by atoms with Crippen LogP contribution >= 0.6 is 0 Å². The summed E-state index contributed by atoms with van der Waals surface area (Å²) >= 11 is 0. The Balaban J connectivity index is 0.000000181. The third kappa shape index (κ3) is 6.65. The van der Waals surface area contributed by atoms with Gasteiger partial charge < -0.3 is 4.74 Å². The van der Waals surface area contributed by atoms with Crippen molar-refractivity contribution in [1.29, 1.82) is 0 Å². The highest BCUT2D eigenvalue weighted by molar-refractivity contribution is 5.66. The lowest BCUT2D eigenvalue weighted by Crippen LogP contribution is -2.18. The fourth-order valence-corrected chi connectivity index (χ4v) is 2.18. The van der Waals surface area contributed by atoms with Crippen molar-refractivity contribution in [2.75, 3.05) is 0 Å². The van der Waals surface area contributed by atoms with Crippen molar-refractivity contribution in [3.05, 3.63) is 12.2 Å². The van der Waals surface area contributed by atoms with Gasteiger partial charge in [0.25, 0.3) is 0 Å². The minimum Gasteiger partial charge on any atom is -0.463 e. The summed E-state index contributed by atoms with van der Waals surface area (Å²) in [4.78, 5) is 10.5. The molecule has 1 saturated carbocycles. The molecule has 2 aliphatic rings. The van der Waals surface area contributed by atoms with Gasteiger partial charge in [0.2, 0.25) is 0 Å². The molecule has 0 N–H and O–H groups in total. The van der Waals surface area contributed by atoms with Gasteiger partial charge >= 0.3 is 5.97 Å². The molecule has 0 aromatic heterocycles. The summed E-state index contributed by atoms with van der Waals surface area (Å²) in [5.41, 5.74) is 0. The first-order valence-electron chi connectivity index (χ1n) is 6.61. The van der Waals surface area contributed by atoms with Gasteiger partial charge in [-0.25, -0.2) is 0 Å². The van der Waals surface area contributed by atoms with Crippen LogP contribution in [0, 0.1) is 0 Å². The second kappa shape index (κ2) is 8.37. The van der Waals surface area contributed by atoms with E-state index in [2.05, 4.69) is 12.2 Å². The second-order valence-corrected chi connectivity index (χ2v) is 4.63. The Morgan fingerprint density at radius 1 is 1.00 bits per heavy atom. The topological polar surface area (TPSA) is 26.3 Å². The Bertz CT molecular complexity index is 207. The predicted molar refractivity (Wildman–Crippen MR) is 66.2 cm³/mol. The van der Waals surface area contributed by atoms with Gasteiger partial charge in [-0.15, -0.1) is 0 Å². The molecular weight excluding hydrogens is 200 g/mol. The van der Waals surface area contributed by atoms with E-state index in [-0.39, 0.29) is 12.1 Å². The van der Waals surface area contributed by atoms with Gasteiger partial charge in [0.15, 0.2) is 0 Å². The van der Waals surface area contributed by atoms with Crippen LogP contribution in [0.2, 0.25) is 0 Å². The lowest BCUT2D eigenvalue weighted by Gasteiger charge is -2.20. The van der Waals surface area contributed by atoms with Gasteiger partial charge in [0.1, 0.15) is 6.10 Å². The molecule has 92 valence electrons. The molecule has 0 aromatic rings. The predicted octanol–water partition coefficient (Wildman–Crippen LogP) is 4.00. The summed E-state index contributed by atoms with van der Waals surface area (Å²) < 4.78 is 5.05. The van der Waals surface area contributed by atoms with E-state index in [4.69, 9.17) is 4.74 Å². The number of rotatable bonds is 1. The minimum absolute atomic E-state index is 0.132. The second-order valence-electron chi connectivity index (χ2n) is 4.63. The van der Waals surface area contributed by atoms with E-state index >= 15 is 0 Å². The minimum atomic E-state index is -0.132. The number of carbonyl (C=O) groups excluding carboxylic acids is 1. The molecule has 0 heterocycles. The number of carbonyl (C=O) groups is 1. The van der Waals surface area contributed by atoms with Gasteiger partial charge in [-0.2, -0.15) is 0 Å². The number of allylic oxidation sites excluding steroid dienone is 2. The Labute approximate surface area is 99.1 Å². The van der Waals surface area contributed by atoms with Crippen LogP contribution in [0.25, 0.3) is 0 Å². The third-order valence-corrected chi connectivity index (χ3v) is 3.04. The van der Waals surface area contributed by atoms with E-state index < -0.39 is 0 Å². The number of ether oxygens (including phenoxy) is 1. The summed E-state index contributed by atoms with van der Waals surface area (Å²) in [6, 6.07) is 0. The lowest BCUT2D eigenvalue weighted by atomic mass is 9.98. The van der Waals surface area contributed by atoms with Crippen LogP contribution in [0.15, 0.2) is 12.2 Å². The van der Waals surface area contributed by atoms with Crippen molar-refractivity contribution in [2.45, 2.75) is 70.8 Å². The highest BCUT2D eigenvalue weighted by Gasteiger charge is 2.14. The first-order chi connectivity index (χ1) is 7.79. The zero-order valence-electron chi connectivity index (χ0n) is 10.4. The quantitative estimate of drug-likeness (QED) is 0.497. The van der Waals surface area contributed by atoms with Crippen molar-refractivity contribution in [1.82, 2.24) is 0 Å².